The van der Waals surface area contributed by atoms with Crippen LogP contribution in [0.4, 0.5) is 5.69 Å². The molecular weight excluding hydrogens is 595 g/mol. The number of thioether (sulfide) groups is 1. The molecule has 0 radical (unpaired) electrons. The number of rotatable bonds is 9. The maximum Gasteiger partial charge on any atom is 0.251 e. The molecule has 0 saturated carbocycles. The summed E-state index contributed by atoms with van der Waals surface area (Å²) in [5, 5.41) is 11.4. The number of aliphatic hydroxyl groups is 1. The number of hydrogen-bond acceptors (Lipinski definition) is 5. The molecule has 3 amide bonds. The van der Waals surface area contributed by atoms with Gasteiger partial charge in [-0.1, -0.05) is 97.8 Å². The number of benzene rings is 3. The first-order valence-electron chi connectivity index (χ1n) is 16.5. The third kappa shape index (κ3) is 5.16. The van der Waals surface area contributed by atoms with Crippen LogP contribution in [0, 0.1) is 11.8 Å². The van der Waals surface area contributed by atoms with Gasteiger partial charge in [-0.25, -0.2) is 0 Å². The minimum absolute atomic E-state index is 0.0286. The Morgan fingerprint density at radius 2 is 1.52 bits per heavy atom. The number of aliphatic hydroxyl groups excluding tert-OH is 1. The van der Waals surface area contributed by atoms with Crippen molar-refractivity contribution in [3.63, 3.8) is 0 Å². The van der Waals surface area contributed by atoms with Crippen molar-refractivity contribution in [2.45, 2.75) is 54.7 Å². The summed E-state index contributed by atoms with van der Waals surface area (Å²) in [5.74, 6) is -1.49. The molecule has 2 fully saturated rings. The zero-order valence-electron chi connectivity index (χ0n) is 26.3. The van der Waals surface area contributed by atoms with Crippen molar-refractivity contribution in [2.75, 3.05) is 31.1 Å². The Hall–Kier alpha value is -3.88. The van der Waals surface area contributed by atoms with Crippen LogP contribution in [-0.2, 0) is 20.9 Å². The molecule has 4 heterocycles. The summed E-state index contributed by atoms with van der Waals surface area (Å²) in [7, 11) is 0. The molecule has 4 aliphatic heterocycles. The lowest BCUT2D eigenvalue weighted by Gasteiger charge is -2.37. The molecule has 3 aromatic carbocycles. The molecule has 3 aromatic rings. The minimum Gasteiger partial charge on any atom is -0.396 e. The van der Waals surface area contributed by atoms with Gasteiger partial charge in [0.25, 0.3) is 5.91 Å². The van der Waals surface area contributed by atoms with Gasteiger partial charge in [0.2, 0.25) is 11.8 Å². The Morgan fingerprint density at radius 3 is 2.33 bits per heavy atom. The average Bonchev–Trinajstić information content (AvgIpc) is 3.33. The maximum atomic E-state index is 14.9. The molecule has 7 nitrogen and oxygen atoms in total. The second-order valence-electron chi connectivity index (χ2n) is 13.2. The number of carbonyl (C=O) groups excluding carboxylic acids is 3. The van der Waals surface area contributed by atoms with E-state index < -0.39 is 27.4 Å². The topological polar surface area (TPSA) is 81.2 Å². The van der Waals surface area contributed by atoms with E-state index in [1.54, 1.807) is 16.7 Å². The van der Waals surface area contributed by atoms with Gasteiger partial charge in [0.15, 0.2) is 0 Å². The van der Waals surface area contributed by atoms with Crippen LogP contribution < -0.4 is 4.90 Å². The van der Waals surface area contributed by atoms with E-state index in [4.69, 9.17) is 0 Å². The van der Waals surface area contributed by atoms with E-state index >= 15 is 0 Å². The van der Waals surface area contributed by atoms with Crippen LogP contribution in [0.15, 0.2) is 97.1 Å². The zero-order valence-corrected chi connectivity index (χ0v) is 27.1. The number of amides is 3. The summed E-state index contributed by atoms with van der Waals surface area (Å²) in [6.45, 7) is 4.01. The van der Waals surface area contributed by atoms with Gasteiger partial charge in [-0.05, 0) is 48.2 Å². The van der Waals surface area contributed by atoms with Crippen LogP contribution in [0.2, 0.25) is 0 Å². The van der Waals surface area contributed by atoms with Crippen LogP contribution in [0.3, 0.4) is 0 Å². The monoisotopic (exact) mass is 635 g/mol. The average molecular weight is 636 g/mol. The summed E-state index contributed by atoms with van der Waals surface area (Å²) < 4.78 is -1.52. The molecule has 238 valence electrons. The fourth-order valence-electron chi connectivity index (χ4n) is 8.08. The van der Waals surface area contributed by atoms with Crippen molar-refractivity contribution in [2.24, 2.45) is 11.8 Å². The first kappa shape index (κ1) is 30.8. The molecule has 0 bridgehead atoms. The first-order valence-corrected chi connectivity index (χ1v) is 17.3. The quantitative estimate of drug-likeness (QED) is 0.245. The smallest absolute Gasteiger partial charge is 0.251 e. The lowest BCUT2D eigenvalue weighted by atomic mass is 9.74. The van der Waals surface area contributed by atoms with E-state index in [0.717, 1.165) is 47.7 Å². The van der Waals surface area contributed by atoms with Gasteiger partial charge in [-0.2, -0.15) is 0 Å². The molecule has 1 unspecified atom stereocenters. The van der Waals surface area contributed by atoms with Crippen molar-refractivity contribution in [1.29, 1.82) is 0 Å². The second-order valence-corrected chi connectivity index (χ2v) is 14.9. The van der Waals surface area contributed by atoms with Gasteiger partial charge < -0.3 is 19.8 Å². The number of likely N-dealkylation sites (tertiary alicyclic amines) is 1. The summed E-state index contributed by atoms with van der Waals surface area (Å²) in [4.78, 5) is 49.7. The highest BCUT2D eigenvalue weighted by Gasteiger charge is 2.73. The summed E-state index contributed by atoms with van der Waals surface area (Å²) in [6.07, 6.45) is 11.5. The molecule has 1 N–H and O–H groups in total. The van der Waals surface area contributed by atoms with Crippen LogP contribution >= 0.6 is 11.8 Å². The normalized spacial score (nSPS) is 28.8. The van der Waals surface area contributed by atoms with E-state index in [1.807, 2.05) is 82.6 Å². The van der Waals surface area contributed by atoms with Gasteiger partial charge in [0.05, 0.1) is 16.6 Å². The summed E-state index contributed by atoms with van der Waals surface area (Å²) in [6, 6.07) is 23.4. The third-order valence-electron chi connectivity index (χ3n) is 10.2. The molecule has 46 heavy (non-hydrogen) atoms. The Bertz CT molecular complexity index is 1710. The van der Waals surface area contributed by atoms with Gasteiger partial charge in [0.1, 0.15) is 6.04 Å². The van der Waals surface area contributed by atoms with Crippen LogP contribution in [-0.4, -0.2) is 74.4 Å². The molecule has 1 spiro atoms. The molecular formula is C38H41N3O4S. The van der Waals surface area contributed by atoms with Crippen molar-refractivity contribution >= 4 is 45.9 Å². The Labute approximate surface area is 274 Å². The Morgan fingerprint density at radius 1 is 0.783 bits per heavy atom. The predicted molar refractivity (Wildman–Crippen MR) is 183 cm³/mol. The minimum atomic E-state index is -0.875. The van der Waals surface area contributed by atoms with Crippen LogP contribution in [0.25, 0.3) is 10.8 Å². The highest BCUT2D eigenvalue weighted by atomic mass is 32.2. The standard InChI is InChI=1S/C38H41N3O4S/c1-37-19-11-21-39(26-27-13-5-4-6-14-27)34(43)31(37)32-35(44)41(22-9-2-3-10-24-42)33-36(45)40(23-12-20-38(32,33)46-37)30-18-17-28-15-7-8-16-29(28)25-30/h4-8,11-20,25,31-33,42H,2-3,9-10,21-24,26H2,1H3/t31-,32+,33?,37+,38+/m1/s1. The van der Waals surface area contributed by atoms with Crippen molar-refractivity contribution < 1.29 is 19.5 Å². The molecule has 0 aliphatic carbocycles. The Kier molecular flexibility index (Phi) is 8.28. The van der Waals surface area contributed by atoms with Gasteiger partial charge in [-0.15, -0.1) is 11.8 Å². The van der Waals surface area contributed by atoms with E-state index in [1.165, 1.54) is 0 Å². The van der Waals surface area contributed by atoms with Crippen molar-refractivity contribution in [3.05, 3.63) is 103 Å². The zero-order chi connectivity index (χ0) is 31.9. The highest BCUT2D eigenvalue weighted by molar-refractivity contribution is 8.02. The molecule has 0 aromatic heterocycles. The Balaban J connectivity index is 1.27. The van der Waals surface area contributed by atoms with Crippen LogP contribution in [0.1, 0.15) is 38.2 Å². The van der Waals surface area contributed by atoms with E-state index in [0.29, 0.717) is 26.2 Å². The second kappa shape index (κ2) is 12.4. The number of fused-ring (bicyclic) bond motifs is 3. The molecule has 8 heteroatoms. The largest absolute Gasteiger partial charge is 0.396 e. The summed E-state index contributed by atoms with van der Waals surface area (Å²) >= 11 is 1.63. The molecule has 4 aliphatic rings. The number of anilines is 1. The number of nitrogens with zero attached hydrogens (tertiary/aromatic N) is 3. The molecule has 7 rings (SSSR count). The van der Waals surface area contributed by atoms with Gasteiger partial charge in [-0.3, -0.25) is 14.4 Å². The predicted octanol–water partition coefficient (Wildman–Crippen LogP) is 5.58. The molecule has 5 atom stereocenters. The van der Waals surface area contributed by atoms with E-state index in [2.05, 4.69) is 31.2 Å². The third-order valence-corrected chi connectivity index (χ3v) is 12.0. The van der Waals surface area contributed by atoms with Gasteiger partial charge in [0, 0.05) is 43.2 Å². The highest BCUT2D eigenvalue weighted by Crippen LogP contribution is 2.65. The fraction of sp³-hybridized carbons (Fsp3) is 0.395. The number of unbranched alkanes of at least 4 members (excludes halogenated alkanes) is 3. The first-order chi connectivity index (χ1) is 22.4. The van der Waals surface area contributed by atoms with Crippen molar-refractivity contribution in [1.82, 2.24) is 9.80 Å². The van der Waals surface area contributed by atoms with Crippen molar-refractivity contribution in [3.8, 4) is 0 Å². The van der Waals surface area contributed by atoms with E-state index in [9.17, 15) is 19.5 Å². The van der Waals surface area contributed by atoms with Crippen LogP contribution in [0.5, 0.6) is 0 Å². The number of carbonyl (C=O) groups is 3. The van der Waals surface area contributed by atoms with Gasteiger partial charge >= 0.3 is 0 Å². The SMILES string of the molecule is C[C@]12C=CCN(Cc3ccccc3)C(=O)[C@H]1[C@H]1C(=O)N(CCCCCCO)C3C(=O)N(c4ccc5ccccc5c4)CC=C[C@@]31S2. The fourth-order valence-corrected chi connectivity index (χ4v) is 10.2. The van der Waals surface area contributed by atoms with E-state index in [-0.39, 0.29) is 24.3 Å². The number of hydrogen-bond donors (Lipinski definition) is 1. The lowest BCUT2D eigenvalue weighted by molar-refractivity contribution is -0.144. The summed E-state index contributed by atoms with van der Waals surface area (Å²) in [5.41, 5.74) is 1.85. The molecule has 2 saturated heterocycles. The maximum absolute atomic E-state index is 14.9. The lowest BCUT2D eigenvalue weighted by Crippen LogP contribution is -2.53.